The predicted molar refractivity (Wildman–Crippen MR) is 101 cm³/mol. The molecule has 2 aromatic rings. The van der Waals surface area contributed by atoms with Gasteiger partial charge in [-0.2, -0.15) is 0 Å². The lowest BCUT2D eigenvalue weighted by Gasteiger charge is -2.19. The first kappa shape index (κ1) is 19.6. The number of rotatable bonds is 6. The SMILES string of the molecule is CC(C)(C)c1ccc(C(=O)NCC(=O)NCCc2ccccc2F)cc1. The summed E-state index contributed by atoms with van der Waals surface area (Å²) >= 11 is 0. The number of benzene rings is 2. The zero-order chi connectivity index (χ0) is 19.2. The third kappa shape index (κ3) is 5.69. The van der Waals surface area contributed by atoms with E-state index in [-0.39, 0.29) is 29.6 Å². The van der Waals surface area contributed by atoms with E-state index >= 15 is 0 Å². The van der Waals surface area contributed by atoms with E-state index in [1.165, 1.54) is 6.07 Å². The van der Waals surface area contributed by atoms with Crippen LogP contribution in [0.15, 0.2) is 48.5 Å². The molecule has 0 unspecified atom stereocenters. The van der Waals surface area contributed by atoms with E-state index in [1.54, 1.807) is 30.3 Å². The molecule has 0 aliphatic heterocycles. The van der Waals surface area contributed by atoms with Crippen LogP contribution in [-0.2, 0) is 16.6 Å². The monoisotopic (exact) mass is 356 g/mol. The van der Waals surface area contributed by atoms with Gasteiger partial charge in [0.2, 0.25) is 5.91 Å². The quantitative estimate of drug-likeness (QED) is 0.835. The number of hydrogen-bond donors (Lipinski definition) is 2. The molecule has 0 fully saturated rings. The standard InChI is InChI=1S/C21H25FN2O2/c1-21(2,3)17-10-8-16(9-11-17)20(26)24-14-19(25)23-13-12-15-6-4-5-7-18(15)22/h4-11H,12-14H2,1-3H3,(H,23,25)(H,24,26). The molecular weight excluding hydrogens is 331 g/mol. The van der Waals surface area contributed by atoms with Crippen LogP contribution in [0.1, 0.15) is 42.3 Å². The van der Waals surface area contributed by atoms with Gasteiger partial charge in [0.1, 0.15) is 5.82 Å². The molecule has 0 heterocycles. The van der Waals surface area contributed by atoms with E-state index in [0.717, 1.165) is 5.56 Å². The average Bonchev–Trinajstić information content (AvgIpc) is 2.60. The highest BCUT2D eigenvalue weighted by atomic mass is 19.1. The fourth-order valence-electron chi connectivity index (χ4n) is 2.48. The van der Waals surface area contributed by atoms with Crippen molar-refractivity contribution in [2.24, 2.45) is 0 Å². The molecule has 138 valence electrons. The Labute approximate surface area is 153 Å². The molecule has 26 heavy (non-hydrogen) atoms. The Kier molecular flexibility index (Phi) is 6.50. The Morgan fingerprint density at radius 1 is 0.962 bits per heavy atom. The van der Waals surface area contributed by atoms with Crippen molar-refractivity contribution in [2.45, 2.75) is 32.6 Å². The van der Waals surface area contributed by atoms with Gasteiger partial charge in [-0.15, -0.1) is 0 Å². The number of halogens is 1. The first-order chi connectivity index (χ1) is 12.3. The van der Waals surface area contributed by atoms with Gasteiger partial charge >= 0.3 is 0 Å². The summed E-state index contributed by atoms with van der Waals surface area (Å²) in [6.07, 6.45) is 0.403. The third-order valence-electron chi connectivity index (χ3n) is 4.10. The molecule has 2 N–H and O–H groups in total. The zero-order valence-electron chi connectivity index (χ0n) is 15.4. The van der Waals surface area contributed by atoms with Gasteiger partial charge in [-0.05, 0) is 41.2 Å². The molecule has 0 spiro atoms. The van der Waals surface area contributed by atoms with Crippen molar-refractivity contribution in [1.82, 2.24) is 10.6 Å². The number of nitrogens with one attached hydrogen (secondary N) is 2. The Morgan fingerprint density at radius 2 is 1.62 bits per heavy atom. The molecule has 0 aliphatic rings. The summed E-state index contributed by atoms with van der Waals surface area (Å²) in [4.78, 5) is 23.9. The largest absolute Gasteiger partial charge is 0.354 e. The van der Waals surface area contributed by atoms with Crippen LogP contribution < -0.4 is 10.6 Å². The Balaban J connectivity index is 1.76. The molecule has 2 rings (SSSR count). The highest BCUT2D eigenvalue weighted by molar-refractivity contribution is 5.96. The molecule has 4 nitrogen and oxygen atoms in total. The zero-order valence-corrected chi connectivity index (χ0v) is 15.4. The topological polar surface area (TPSA) is 58.2 Å². The van der Waals surface area contributed by atoms with Crippen molar-refractivity contribution >= 4 is 11.8 Å². The van der Waals surface area contributed by atoms with Crippen LogP contribution in [0, 0.1) is 5.82 Å². The van der Waals surface area contributed by atoms with E-state index in [2.05, 4.69) is 31.4 Å². The van der Waals surface area contributed by atoms with E-state index in [9.17, 15) is 14.0 Å². The summed E-state index contributed by atoms with van der Waals surface area (Å²) in [5.74, 6) is -0.885. The van der Waals surface area contributed by atoms with Gasteiger partial charge in [0.15, 0.2) is 0 Å². The van der Waals surface area contributed by atoms with Crippen LogP contribution in [0.5, 0.6) is 0 Å². The van der Waals surface area contributed by atoms with Gasteiger partial charge in [0.25, 0.3) is 5.91 Å². The van der Waals surface area contributed by atoms with E-state index < -0.39 is 0 Å². The fourth-order valence-corrected chi connectivity index (χ4v) is 2.48. The Hall–Kier alpha value is -2.69. The molecule has 0 aliphatic carbocycles. The Morgan fingerprint density at radius 3 is 2.23 bits per heavy atom. The van der Waals surface area contributed by atoms with Crippen LogP contribution in [0.3, 0.4) is 0 Å². The van der Waals surface area contributed by atoms with E-state index in [4.69, 9.17) is 0 Å². The van der Waals surface area contributed by atoms with Crippen LogP contribution in [-0.4, -0.2) is 24.9 Å². The minimum absolute atomic E-state index is 0.0210. The van der Waals surface area contributed by atoms with Crippen molar-refractivity contribution in [3.63, 3.8) is 0 Å². The Bertz CT molecular complexity index is 764. The third-order valence-corrected chi connectivity index (χ3v) is 4.10. The first-order valence-electron chi connectivity index (χ1n) is 8.66. The van der Waals surface area contributed by atoms with Crippen LogP contribution in [0.2, 0.25) is 0 Å². The first-order valence-corrected chi connectivity index (χ1v) is 8.66. The highest BCUT2D eigenvalue weighted by Gasteiger charge is 2.14. The maximum atomic E-state index is 13.5. The molecule has 0 saturated heterocycles. The minimum Gasteiger partial charge on any atom is -0.354 e. The van der Waals surface area contributed by atoms with E-state index in [1.807, 2.05) is 12.1 Å². The molecule has 0 bridgehead atoms. The summed E-state index contributed by atoms with van der Waals surface area (Å²) in [7, 11) is 0. The van der Waals surface area contributed by atoms with Gasteiger partial charge in [0, 0.05) is 12.1 Å². The van der Waals surface area contributed by atoms with Gasteiger partial charge < -0.3 is 10.6 Å². The van der Waals surface area contributed by atoms with Crippen molar-refractivity contribution in [3.05, 3.63) is 71.0 Å². The van der Waals surface area contributed by atoms with E-state index in [0.29, 0.717) is 24.1 Å². The number of carbonyl (C=O) groups excluding carboxylic acids is 2. The lowest BCUT2D eigenvalue weighted by molar-refractivity contribution is -0.120. The molecule has 0 saturated carbocycles. The van der Waals surface area contributed by atoms with Gasteiger partial charge in [-0.3, -0.25) is 9.59 Å². The van der Waals surface area contributed by atoms with Crippen molar-refractivity contribution < 1.29 is 14.0 Å². The second-order valence-corrected chi connectivity index (χ2v) is 7.20. The number of hydrogen-bond acceptors (Lipinski definition) is 2. The molecule has 5 heteroatoms. The average molecular weight is 356 g/mol. The predicted octanol–water partition coefficient (Wildman–Crippen LogP) is 3.21. The lowest BCUT2D eigenvalue weighted by Crippen LogP contribution is -2.37. The minimum atomic E-state index is -0.305. The summed E-state index contributed by atoms with van der Waals surface area (Å²) < 4.78 is 13.5. The van der Waals surface area contributed by atoms with Crippen LogP contribution >= 0.6 is 0 Å². The summed E-state index contributed by atoms with van der Waals surface area (Å²) in [5, 5.41) is 5.27. The smallest absolute Gasteiger partial charge is 0.251 e. The second kappa shape index (κ2) is 8.61. The second-order valence-electron chi connectivity index (χ2n) is 7.20. The van der Waals surface area contributed by atoms with Gasteiger partial charge in [0.05, 0.1) is 6.54 Å². The molecule has 0 aromatic heterocycles. The summed E-state index contributed by atoms with van der Waals surface area (Å²) in [6.45, 7) is 6.52. The van der Waals surface area contributed by atoms with Gasteiger partial charge in [-0.1, -0.05) is 51.1 Å². The van der Waals surface area contributed by atoms with Crippen LogP contribution in [0.25, 0.3) is 0 Å². The maximum absolute atomic E-state index is 13.5. The summed E-state index contributed by atoms with van der Waals surface area (Å²) in [5.41, 5.74) is 2.22. The highest BCUT2D eigenvalue weighted by Crippen LogP contribution is 2.22. The van der Waals surface area contributed by atoms with Gasteiger partial charge in [-0.25, -0.2) is 4.39 Å². The fraction of sp³-hybridized carbons (Fsp3) is 0.333. The van der Waals surface area contributed by atoms with Crippen molar-refractivity contribution in [1.29, 1.82) is 0 Å². The number of carbonyl (C=O) groups is 2. The van der Waals surface area contributed by atoms with Crippen molar-refractivity contribution in [2.75, 3.05) is 13.1 Å². The van der Waals surface area contributed by atoms with Crippen LogP contribution in [0.4, 0.5) is 4.39 Å². The molecular formula is C21H25FN2O2. The number of amides is 2. The molecule has 0 radical (unpaired) electrons. The lowest BCUT2D eigenvalue weighted by atomic mass is 9.87. The summed E-state index contributed by atoms with van der Waals surface area (Å²) in [6, 6.07) is 13.8. The molecule has 2 aromatic carbocycles. The normalized spacial score (nSPS) is 11.1. The molecule has 0 atom stereocenters. The maximum Gasteiger partial charge on any atom is 0.251 e. The molecule has 2 amide bonds. The van der Waals surface area contributed by atoms with Crippen molar-refractivity contribution in [3.8, 4) is 0 Å².